The zero-order valence-electron chi connectivity index (χ0n) is 11.6. The van der Waals surface area contributed by atoms with Crippen LogP contribution < -0.4 is 5.73 Å². The maximum Gasteiger partial charge on any atom is 0.0269 e. The molecule has 0 heterocycles. The first-order valence-corrected chi connectivity index (χ1v) is 6.45. The van der Waals surface area contributed by atoms with E-state index in [1.807, 2.05) is 0 Å². The van der Waals surface area contributed by atoms with E-state index in [-0.39, 0.29) is 5.41 Å². The van der Waals surface area contributed by atoms with E-state index in [1.54, 1.807) is 0 Å². The molecule has 96 valence electrons. The second-order valence-electron chi connectivity index (χ2n) is 5.49. The predicted octanol–water partition coefficient (Wildman–Crippen LogP) is 2.88. The molecular formula is C15H26N2. The fraction of sp³-hybridized carbons (Fsp3) is 0.600. The van der Waals surface area contributed by atoms with Gasteiger partial charge in [-0.1, -0.05) is 51.1 Å². The van der Waals surface area contributed by atoms with Crippen LogP contribution in [-0.4, -0.2) is 24.5 Å². The standard InChI is InChI=1S/C15H26N2/c1-5-15(2,3)14(11-16)17(4)12-13-9-7-6-8-10-13/h6-10,14H,5,11-12,16H2,1-4H3. The molecule has 0 saturated carbocycles. The van der Waals surface area contributed by atoms with Gasteiger partial charge in [0.05, 0.1) is 0 Å². The van der Waals surface area contributed by atoms with E-state index in [9.17, 15) is 0 Å². The van der Waals surface area contributed by atoms with Crippen LogP contribution in [0.25, 0.3) is 0 Å². The lowest BCUT2D eigenvalue weighted by molar-refractivity contribution is 0.107. The maximum atomic E-state index is 5.95. The normalized spacial score (nSPS) is 14.0. The van der Waals surface area contributed by atoms with Crippen molar-refractivity contribution in [3.05, 3.63) is 35.9 Å². The van der Waals surface area contributed by atoms with Crippen molar-refractivity contribution in [2.24, 2.45) is 11.1 Å². The summed E-state index contributed by atoms with van der Waals surface area (Å²) >= 11 is 0. The molecule has 1 atom stereocenters. The lowest BCUT2D eigenvalue weighted by atomic mass is 9.81. The molecule has 1 aromatic rings. The van der Waals surface area contributed by atoms with Gasteiger partial charge in [0.25, 0.3) is 0 Å². The lowest BCUT2D eigenvalue weighted by Gasteiger charge is -2.39. The molecule has 1 aromatic carbocycles. The van der Waals surface area contributed by atoms with E-state index in [0.717, 1.165) is 13.0 Å². The second kappa shape index (κ2) is 6.18. The molecule has 0 radical (unpaired) electrons. The SMILES string of the molecule is CCC(C)(C)C(CN)N(C)Cc1ccccc1. The first-order valence-electron chi connectivity index (χ1n) is 6.45. The van der Waals surface area contributed by atoms with E-state index in [2.05, 4.69) is 63.1 Å². The molecule has 0 aliphatic rings. The molecule has 0 saturated heterocycles. The average Bonchev–Trinajstić information content (AvgIpc) is 2.30. The minimum Gasteiger partial charge on any atom is -0.329 e. The van der Waals surface area contributed by atoms with Crippen molar-refractivity contribution in [1.82, 2.24) is 4.90 Å². The van der Waals surface area contributed by atoms with Crippen LogP contribution in [0.5, 0.6) is 0 Å². The predicted molar refractivity (Wildman–Crippen MR) is 74.8 cm³/mol. The van der Waals surface area contributed by atoms with Gasteiger partial charge in [0, 0.05) is 19.1 Å². The molecule has 1 rings (SSSR count). The van der Waals surface area contributed by atoms with E-state index < -0.39 is 0 Å². The Balaban J connectivity index is 2.71. The number of nitrogens with two attached hydrogens (primary N) is 1. The number of rotatable bonds is 6. The van der Waals surface area contributed by atoms with E-state index in [0.29, 0.717) is 12.6 Å². The van der Waals surface area contributed by atoms with Gasteiger partial charge in [0.2, 0.25) is 0 Å². The summed E-state index contributed by atoms with van der Waals surface area (Å²) in [6.07, 6.45) is 1.15. The van der Waals surface area contributed by atoms with E-state index in [1.165, 1.54) is 5.56 Å². The lowest BCUT2D eigenvalue weighted by Crippen LogP contribution is -2.47. The van der Waals surface area contributed by atoms with Crippen LogP contribution in [0.1, 0.15) is 32.8 Å². The zero-order valence-corrected chi connectivity index (χ0v) is 11.6. The molecule has 0 aliphatic heterocycles. The first-order chi connectivity index (χ1) is 8.01. The van der Waals surface area contributed by atoms with Crippen molar-refractivity contribution in [2.45, 2.75) is 39.8 Å². The Hall–Kier alpha value is -0.860. The van der Waals surface area contributed by atoms with Crippen molar-refractivity contribution in [3.63, 3.8) is 0 Å². The molecule has 0 bridgehead atoms. The summed E-state index contributed by atoms with van der Waals surface area (Å²) in [5, 5.41) is 0. The number of likely N-dealkylation sites (N-methyl/N-ethyl adjacent to an activating group) is 1. The van der Waals surface area contributed by atoms with Crippen molar-refractivity contribution in [1.29, 1.82) is 0 Å². The van der Waals surface area contributed by atoms with Gasteiger partial charge >= 0.3 is 0 Å². The second-order valence-corrected chi connectivity index (χ2v) is 5.49. The van der Waals surface area contributed by atoms with Gasteiger partial charge in [0.15, 0.2) is 0 Å². The summed E-state index contributed by atoms with van der Waals surface area (Å²) in [5.41, 5.74) is 7.56. The van der Waals surface area contributed by atoms with Crippen LogP contribution in [0.15, 0.2) is 30.3 Å². The Kier molecular flexibility index (Phi) is 5.16. The molecule has 0 aliphatic carbocycles. The minimum absolute atomic E-state index is 0.262. The molecule has 0 amide bonds. The third-order valence-corrected chi connectivity index (χ3v) is 3.84. The summed E-state index contributed by atoms with van der Waals surface area (Å²) < 4.78 is 0. The monoisotopic (exact) mass is 234 g/mol. The molecule has 17 heavy (non-hydrogen) atoms. The highest BCUT2D eigenvalue weighted by atomic mass is 15.1. The highest BCUT2D eigenvalue weighted by Gasteiger charge is 2.29. The molecule has 2 nitrogen and oxygen atoms in total. The Bertz CT molecular complexity index is 319. The largest absolute Gasteiger partial charge is 0.329 e. The summed E-state index contributed by atoms with van der Waals surface area (Å²) in [6, 6.07) is 11.0. The van der Waals surface area contributed by atoms with Gasteiger partial charge in [-0.25, -0.2) is 0 Å². The van der Waals surface area contributed by atoms with E-state index in [4.69, 9.17) is 5.73 Å². The van der Waals surface area contributed by atoms with Crippen molar-refractivity contribution in [3.8, 4) is 0 Å². The van der Waals surface area contributed by atoms with E-state index >= 15 is 0 Å². The van der Waals surface area contributed by atoms with Crippen LogP contribution in [-0.2, 0) is 6.54 Å². The van der Waals surface area contributed by atoms with Crippen LogP contribution >= 0.6 is 0 Å². The van der Waals surface area contributed by atoms with Gasteiger partial charge in [-0.3, -0.25) is 4.90 Å². The summed E-state index contributed by atoms with van der Waals surface area (Å²) in [5.74, 6) is 0. The highest BCUT2D eigenvalue weighted by molar-refractivity contribution is 5.14. The summed E-state index contributed by atoms with van der Waals surface area (Å²) in [6.45, 7) is 8.51. The Morgan fingerprint density at radius 3 is 2.29 bits per heavy atom. The van der Waals surface area contributed by atoms with Gasteiger partial charge < -0.3 is 5.73 Å². The molecular weight excluding hydrogens is 208 g/mol. The Morgan fingerprint density at radius 2 is 1.82 bits per heavy atom. The molecule has 2 N–H and O–H groups in total. The van der Waals surface area contributed by atoms with Gasteiger partial charge in [-0.2, -0.15) is 0 Å². The first kappa shape index (κ1) is 14.2. The number of hydrogen-bond donors (Lipinski definition) is 1. The van der Waals surface area contributed by atoms with Crippen LogP contribution in [0.3, 0.4) is 0 Å². The quantitative estimate of drug-likeness (QED) is 0.820. The molecule has 0 aromatic heterocycles. The molecule has 0 spiro atoms. The fourth-order valence-electron chi connectivity index (χ4n) is 2.31. The Labute approximate surface area is 106 Å². The van der Waals surface area contributed by atoms with Gasteiger partial charge in [0.1, 0.15) is 0 Å². The van der Waals surface area contributed by atoms with Crippen molar-refractivity contribution >= 4 is 0 Å². The van der Waals surface area contributed by atoms with Gasteiger partial charge in [-0.05, 0) is 24.4 Å². The van der Waals surface area contributed by atoms with Crippen molar-refractivity contribution in [2.75, 3.05) is 13.6 Å². The molecule has 0 fully saturated rings. The fourth-order valence-corrected chi connectivity index (χ4v) is 2.31. The smallest absolute Gasteiger partial charge is 0.0269 e. The zero-order chi connectivity index (χ0) is 12.9. The number of benzene rings is 1. The molecule has 1 unspecified atom stereocenters. The van der Waals surface area contributed by atoms with Gasteiger partial charge in [-0.15, -0.1) is 0 Å². The molecule has 2 heteroatoms. The van der Waals surface area contributed by atoms with Crippen LogP contribution in [0.4, 0.5) is 0 Å². The maximum absolute atomic E-state index is 5.95. The Morgan fingerprint density at radius 1 is 1.24 bits per heavy atom. The number of hydrogen-bond acceptors (Lipinski definition) is 2. The minimum atomic E-state index is 0.262. The third kappa shape index (κ3) is 3.83. The summed E-state index contributed by atoms with van der Waals surface area (Å²) in [7, 11) is 2.17. The highest BCUT2D eigenvalue weighted by Crippen LogP contribution is 2.28. The topological polar surface area (TPSA) is 29.3 Å². The van der Waals surface area contributed by atoms with Crippen LogP contribution in [0.2, 0.25) is 0 Å². The van der Waals surface area contributed by atoms with Crippen LogP contribution in [0, 0.1) is 5.41 Å². The number of nitrogens with zero attached hydrogens (tertiary/aromatic N) is 1. The average molecular weight is 234 g/mol. The van der Waals surface area contributed by atoms with Crippen molar-refractivity contribution < 1.29 is 0 Å². The summed E-state index contributed by atoms with van der Waals surface area (Å²) in [4.78, 5) is 2.37. The third-order valence-electron chi connectivity index (χ3n) is 3.84.